The average Bonchev–Trinajstić information content (AvgIpc) is 3.04. The Hall–Kier alpha value is 0. The summed E-state index contributed by atoms with van der Waals surface area (Å²) in [7, 11) is 2.13. The lowest BCUT2D eigenvalue weighted by Crippen LogP contribution is -2.39. The highest BCUT2D eigenvalue weighted by Gasteiger charge is 2.20. The van der Waals surface area contributed by atoms with Crippen LogP contribution in [0.5, 0.6) is 0 Å². The Kier molecular flexibility index (Phi) is 9.07. The Morgan fingerprint density at radius 3 is 2.56 bits per heavy atom. The lowest BCUT2D eigenvalue weighted by molar-refractivity contribution is 0.464. The third kappa shape index (κ3) is 6.55. The van der Waals surface area contributed by atoms with Gasteiger partial charge in [0.25, 0.3) is 0 Å². The molecule has 0 heterocycles. The van der Waals surface area contributed by atoms with Crippen molar-refractivity contribution in [3.05, 3.63) is 0 Å². The van der Waals surface area contributed by atoms with Gasteiger partial charge in [-0.1, -0.05) is 13.3 Å². The van der Waals surface area contributed by atoms with Crippen LogP contribution in [0.1, 0.15) is 39.5 Å². The normalized spacial score (nSPS) is 15.6. The van der Waals surface area contributed by atoms with Crippen molar-refractivity contribution in [2.24, 2.45) is 10.9 Å². The zero-order chi connectivity index (χ0) is 11.1. The molecule has 0 saturated heterocycles. The first kappa shape index (κ1) is 16.0. The van der Waals surface area contributed by atoms with Gasteiger partial charge in [0.05, 0.1) is 0 Å². The molecular formula is C12H26IN3. The molecule has 0 radical (unpaired) electrons. The standard InChI is InChI=1S/C12H25N3.HI/c1-4-6-9-15(3)12(13-5-2)14-10-11-7-8-11;/h11H,4-10H2,1-3H3,(H,13,14);1H. The van der Waals surface area contributed by atoms with Gasteiger partial charge in [-0.25, -0.2) is 0 Å². The highest BCUT2D eigenvalue weighted by atomic mass is 127. The van der Waals surface area contributed by atoms with Gasteiger partial charge in [-0.2, -0.15) is 0 Å². The van der Waals surface area contributed by atoms with E-state index in [2.05, 4.69) is 36.1 Å². The molecule has 0 aromatic rings. The zero-order valence-electron chi connectivity index (χ0n) is 10.8. The molecule has 1 aliphatic carbocycles. The molecule has 3 nitrogen and oxygen atoms in total. The van der Waals surface area contributed by atoms with E-state index in [0.29, 0.717) is 0 Å². The van der Waals surface area contributed by atoms with Crippen LogP contribution < -0.4 is 5.32 Å². The predicted octanol–water partition coefficient (Wildman–Crippen LogP) is 2.71. The van der Waals surface area contributed by atoms with Gasteiger partial charge in [0.1, 0.15) is 0 Å². The minimum Gasteiger partial charge on any atom is -0.357 e. The van der Waals surface area contributed by atoms with Gasteiger partial charge in [-0.3, -0.25) is 4.99 Å². The molecule has 0 aliphatic heterocycles. The Bertz CT molecular complexity index is 202. The molecule has 0 amide bonds. The minimum absolute atomic E-state index is 0. The van der Waals surface area contributed by atoms with Gasteiger partial charge < -0.3 is 10.2 Å². The summed E-state index contributed by atoms with van der Waals surface area (Å²) in [5.74, 6) is 1.95. The number of aliphatic imine (C=N–C) groups is 1. The first-order chi connectivity index (χ1) is 7.27. The van der Waals surface area contributed by atoms with Gasteiger partial charge in [-0.15, -0.1) is 24.0 Å². The number of nitrogens with one attached hydrogen (secondary N) is 1. The molecule has 0 atom stereocenters. The van der Waals surface area contributed by atoms with E-state index in [1.807, 2.05) is 0 Å². The van der Waals surface area contributed by atoms with E-state index in [1.54, 1.807) is 0 Å². The number of guanidine groups is 1. The summed E-state index contributed by atoms with van der Waals surface area (Å²) >= 11 is 0. The smallest absolute Gasteiger partial charge is 0.193 e. The Labute approximate surface area is 117 Å². The summed E-state index contributed by atoms with van der Waals surface area (Å²) in [6.07, 6.45) is 5.24. The molecule has 0 aromatic heterocycles. The van der Waals surface area contributed by atoms with Crippen molar-refractivity contribution in [1.82, 2.24) is 10.2 Å². The molecule has 4 heteroatoms. The second kappa shape index (κ2) is 9.07. The van der Waals surface area contributed by atoms with Crippen LogP contribution in [0, 0.1) is 5.92 Å². The van der Waals surface area contributed by atoms with Crippen LogP contribution in [0.15, 0.2) is 4.99 Å². The SMILES string of the molecule is CCCCN(C)C(=NCC1CC1)NCC.I. The number of rotatable bonds is 6. The zero-order valence-corrected chi connectivity index (χ0v) is 13.2. The summed E-state index contributed by atoms with van der Waals surface area (Å²) in [4.78, 5) is 6.91. The molecule has 96 valence electrons. The molecule has 1 saturated carbocycles. The summed E-state index contributed by atoms with van der Waals surface area (Å²) in [5.41, 5.74) is 0. The monoisotopic (exact) mass is 339 g/mol. The summed E-state index contributed by atoms with van der Waals surface area (Å²) in [6.45, 7) is 7.42. The van der Waals surface area contributed by atoms with Crippen LogP contribution in [0.2, 0.25) is 0 Å². The molecular weight excluding hydrogens is 313 g/mol. The molecule has 1 N–H and O–H groups in total. The highest BCUT2D eigenvalue weighted by Crippen LogP contribution is 2.28. The van der Waals surface area contributed by atoms with Gasteiger partial charge in [-0.05, 0) is 32.1 Å². The van der Waals surface area contributed by atoms with Crippen molar-refractivity contribution in [3.63, 3.8) is 0 Å². The Morgan fingerprint density at radius 2 is 2.06 bits per heavy atom. The molecule has 0 aromatic carbocycles. The molecule has 1 aliphatic rings. The maximum Gasteiger partial charge on any atom is 0.193 e. The summed E-state index contributed by atoms with van der Waals surface area (Å²) < 4.78 is 0. The molecule has 1 fully saturated rings. The van der Waals surface area contributed by atoms with E-state index in [4.69, 9.17) is 0 Å². The van der Waals surface area contributed by atoms with Gasteiger partial charge in [0, 0.05) is 26.7 Å². The van der Waals surface area contributed by atoms with Crippen LogP contribution in [0.25, 0.3) is 0 Å². The Morgan fingerprint density at radius 1 is 1.38 bits per heavy atom. The van der Waals surface area contributed by atoms with Crippen LogP contribution >= 0.6 is 24.0 Å². The largest absolute Gasteiger partial charge is 0.357 e. The molecule has 0 bridgehead atoms. The topological polar surface area (TPSA) is 27.6 Å². The van der Waals surface area contributed by atoms with Crippen LogP contribution in [0.3, 0.4) is 0 Å². The summed E-state index contributed by atoms with van der Waals surface area (Å²) in [5, 5.41) is 3.35. The van der Waals surface area contributed by atoms with Crippen molar-refractivity contribution in [2.75, 3.05) is 26.7 Å². The number of hydrogen-bond acceptors (Lipinski definition) is 1. The third-order valence-electron chi connectivity index (χ3n) is 2.74. The second-order valence-electron chi connectivity index (χ2n) is 4.41. The predicted molar refractivity (Wildman–Crippen MR) is 81.7 cm³/mol. The first-order valence-corrected chi connectivity index (χ1v) is 6.27. The first-order valence-electron chi connectivity index (χ1n) is 6.27. The highest BCUT2D eigenvalue weighted by molar-refractivity contribution is 14.0. The number of nitrogens with zero attached hydrogens (tertiary/aromatic N) is 2. The lowest BCUT2D eigenvalue weighted by atomic mass is 10.3. The number of unbranched alkanes of at least 4 members (excludes halogenated alkanes) is 1. The fraction of sp³-hybridized carbons (Fsp3) is 0.917. The second-order valence-corrected chi connectivity index (χ2v) is 4.41. The quantitative estimate of drug-likeness (QED) is 0.458. The minimum atomic E-state index is 0. The van der Waals surface area contributed by atoms with E-state index in [-0.39, 0.29) is 24.0 Å². The van der Waals surface area contributed by atoms with E-state index in [0.717, 1.165) is 31.5 Å². The molecule has 0 unspecified atom stereocenters. The lowest BCUT2D eigenvalue weighted by Gasteiger charge is -2.21. The van der Waals surface area contributed by atoms with Crippen molar-refractivity contribution < 1.29 is 0 Å². The fourth-order valence-corrected chi connectivity index (χ4v) is 1.49. The van der Waals surface area contributed by atoms with Crippen molar-refractivity contribution in [2.45, 2.75) is 39.5 Å². The van der Waals surface area contributed by atoms with E-state index < -0.39 is 0 Å². The van der Waals surface area contributed by atoms with Crippen molar-refractivity contribution >= 4 is 29.9 Å². The van der Waals surface area contributed by atoms with E-state index in [9.17, 15) is 0 Å². The maximum absolute atomic E-state index is 4.66. The van der Waals surface area contributed by atoms with Gasteiger partial charge in [0.15, 0.2) is 5.96 Å². The van der Waals surface area contributed by atoms with Gasteiger partial charge in [0.2, 0.25) is 0 Å². The van der Waals surface area contributed by atoms with Crippen LogP contribution in [-0.4, -0.2) is 37.5 Å². The van der Waals surface area contributed by atoms with E-state index in [1.165, 1.54) is 25.7 Å². The van der Waals surface area contributed by atoms with Crippen LogP contribution in [-0.2, 0) is 0 Å². The van der Waals surface area contributed by atoms with Crippen LogP contribution in [0.4, 0.5) is 0 Å². The third-order valence-corrected chi connectivity index (χ3v) is 2.74. The fourth-order valence-electron chi connectivity index (χ4n) is 1.49. The van der Waals surface area contributed by atoms with Crippen molar-refractivity contribution in [3.8, 4) is 0 Å². The average molecular weight is 339 g/mol. The molecule has 0 spiro atoms. The van der Waals surface area contributed by atoms with Crippen molar-refractivity contribution in [1.29, 1.82) is 0 Å². The number of hydrogen-bond donors (Lipinski definition) is 1. The molecule has 16 heavy (non-hydrogen) atoms. The number of halogens is 1. The van der Waals surface area contributed by atoms with Gasteiger partial charge >= 0.3 is 0 Å². The van der Waals surface area contributed by atoms with E-state index >= 15 is 0 Å². The Balaban J connectivity index is 0.00000225. The summed E-state index contributed by atoms with van der Waals surface area (Å²) in [6, 6.07) is 0. The maximum atomic E-state index is 4.66. The molecule has 1 rings (SSSR count).